The van der Waals surface area contributed by atoms with Crippen LogP contribution in [0.3, 0.4) is 0 Å². The van der Waals surface area contributed by atoms with Crippen LogP contribution in [0, 0.1) is 0 Å². The van der Waals surface area contributed by atoms with Crippen molar-refractivity contribution < 1.29 is 0 Å². The highest BCUT2D eigenvalue weighted by molar-refractivity contribution is 7.03. The molecule has 6 heterocycles. The molecule has 0 saturated carbocycles. The van der Waals surface area contributed by atoms with Crippen LogP contribution in [0.1, 0.15) is 0 Å². The van der Waals surface area contributed by atoms with E-state index in [2.05, 4.69) is 214 Å². The summed E-state index contributed by atoms with van der Waals surface area (Å²) < 4.78 is 0. The monoisotopic (exact) mass is 764 g/mol. The van der Waals surface area contributed by atoms with E-state index in [1.807, 2.05) is 12.4 Å². The minimum Gasteiger partial charge on any atom is -0.311 e. The van der Waals surface area contributed by atoms with E-state index in [4.69, 9.17) is 9.97 Å². The quantitative estimate of drug-likeness (QED) is 0.167. The van der Waals surface area contributed by atoms with Crippen molar-refractivity contribution in [2.45, 2.75) is 0 Å². The van der Waals surface area contributed by atoms with E-state index in [0.717, 1.165) is 62.8 Å². The van der Waals surface area contributed by atoms with Gasteiger partial charge in [-0.1, -0.05) is 115 Å². The zero-order valence-electron chi connectivity index (χ0n) is 32.5. The van der Waals surface area contributed by atoms with Gasteiger partial charge in [0.15, 0.2) is 0 Å². The second-order valence-corrected chi connectivity index (χ2v) is 15.8. The first-order valence-electron chi connectivity index (χ1n) is 20.6. The smallest absolute Gasteiger partial charge is 0.254 e. The largest absolute Gasteiger partial charge is 0.311 e. The van der Waals surface area contributed by atoms with Crippen LogP contribution in [0.15, 0.2) is 207 Å². The second-order valence-electron chi connectivity index (χ2n) is 15.8. The Bertz CT molecular complexity index is 2940. The minimum absolute atomic E-state index is 0.0697. The van der Waals surface area contributed by atoms with E-state index in [0.29, 0.717) is 0 Å². The third-order valence-corrected chi connectivity index (χ3v) is 12.7. The van der Waals surface area contributed by atoms with Crippen LogP contribution < -0.4 is 52.4 Å². The summed E-state index contributed by atoms with van der Waals surface area (Å²) in [6, 6.07) is 70.1. The first kappa shape index (κ1) is 33.2. The molecule has 278 valence electrons. The molecule has 0 bridgehead atoms. The van der Waals surface area contributed by atoms with E-state index in [1.165, 1.54) is 38.5 Å². The molecule has 4 aliphatic heterocycles. The number of para-hydroxylation sites is 6. The molecular weight excluding hydrogens is 730 g/mol. The molecule has 2 aromatic heterocycles. The molecule has 0 saturated heterocycles. The average molecular weight is 765 g/mol. The lowest BCUT2D eigenvalue weighted by atomic mass is 9.30. The fraction of sp³-hybridized carbons (Fsp3) is 0. The number of nitrogens with zero attached hydrogens (tertiary/aromatic N) is 6. The van der Waals surface area contributed by atoms with Crippen LogP contribution >= 0.6 is 0 Å². The van der Waals surface area contributed by atoms with Gasteiger partial charge in [-0.25, -0.2) is 9.97 Å². The third-order valence-electron chi connectivity index (χ3n) is 12.7. The lowest BCUT2D eigenvalue weighted by Gasteiger charge is -2.46. The second kappa shape index (κ2) is 12.8. The van der Waals surface area contributed by atoms with Gasteiger partial charge in [-0.3, -0.25) is 9.80 Å². The van der Waals surface area contributed by atoms with Crippen molar-refractivity contribution in [1.29, 1.82) is 0 Å². The number of rotatable bonds is 4. The molecule has 7 aromatic carbocycles. The molecule has 0 atom stereocenters. The van der Waals surface area contributed by atoms with Gasteiger partial charge in [0, 0.05) is 69.3 Å². The molecule has 8 heteroatoms. The Labute approximate surface area is 349 Å². The molecular formula is C52H34B2N6. The molecule has 0 fully saturated rings. The topological polar surface area (TPSA) is 38.7 Å². The van der Waals surface area contributed by atoms with Crippen molar-refractivity contribution in [2.24, 2.45) is 0 Å². The van der Waals surface area contributed by atoms with Crippen molar-refractivity contribution in [3.05, 3.63) is 207 Å². The molecule has 0 N–H and O–H groups in total. The van der Waals surface area contributed by atoms with Crippen molar-refractivity contribution in [3.8, 4) is 0 Å². The molecule has 0 aliphatic carbocycles. The number of hydrogen-bond acceptors (Lipinski definition) is 6. The first-order chi connectivity index (χ1) is 29.8. The van der Waals surface area contributed by atoms with Gasteiger partial charge in [0.1, 0.15) is 11.6 Å². The van der Waals surface area contributed by atoms with Crippen LogP contribution in [-0.2, 0) is 0 Å². The standard InChI is InChI=1S/C52H34B2N6/c1-5-17-35(18-6-1)57-43-27-15-13-25-39(43)53-42-33-41-47(34-48(42)60(38-23-11-4-12-24-38)52-49(53)45(57)29-31-56-52)58(36-19-7-2-8-20-36)46-30-32-55-51-50(46)54(41)40-26-14-16-28-44(40)59(51)37-21-9-3-10-22-37/h1-34H. The van der Waals surface area contributed by atoms with Gasteiger partial charge >= 0.3 is 0 Å². The summed E-state index contributed by atoms with van der Waals surface area (Å²) in [6.07, 6.45) is 3.96. The van der Waals surface area contributed by atoms with Crippen molar-refractivity contribution in [3.63, 3.8) is 0 Å². The van der Waals surface area contributed by atoms with Crippen molar-refractivity contribution in [1.82, 2.24) is 9.97 Å². The van der Waals surface area contributed by atoms with Gasteiger partial charge in [0.25, 0.3) is 13.4 Å². The Morgan fingerprint density at radius 2 is 0.633 bits per heavy atom. The number of aromatic nitrogens is 2. The van der Waals surface area contributed by atoms with Gasteiger partial charge in [0.2, 0.25) is 0 Å². The summed E-state index contributed by atoms with van der Waals surface area (Å²) in [5, 5.41) is 0. The average Bonchev–Trinajstić information content (AvgIpc) is 3.32. The predicted octanol–water partition coefficient (Wildman–Crippen LogP) is 8.64. The van der Waals surface area contributed by atoms with Gasteiger partial charge in [0.05, 0.1) is 0 Å². The maximum absolute atomic E-state index is 5.29. The lowest BCUT2D eigenvalue weighted by Crippen LogP contribution is -2.65. The Balaban J connectivity index is 1.14. The predicted molar refractivity (Wildman–Crippen MR) is 250 cm³/mol. The molecule has 0 unspecified atom stereocenters. The van der Waals surface area contributed by atoms with Crippen molar-refractivity contribution >= 4 is 115 Å². The van der Waals surface area contributed by atoms with Crippen LogP contribution in [-0.4, -0.2) is 23.4 Å². The van der Waals surface area contributed by atoms with E-state index in [-0.39, 0.29) is 13.4 Å². The zero-order valence-corrected chi connectivity index (χ0v) is 32.5. The number of pyridine rings is 2. The highest BCUT2D eigenvalue weighted by Crippen LogP contribution is 2.47. The molecule has 60 heavy (non-hydrogen) atoms. The van der Waals surface area contributed by atoms with Crippen LogP contribution in [0.4, 0.5) is 68.5 Å². The summed E-state index contributed by atoms with van der Waals surface area (Å²) >= 11 is 0. The molecule has 0 radical (unpaired) electrons. The van der Waals surface area contributed by atoms with Gasteiger partial charge in [-0.2, -0.15) is 0 Å². The summed E-state index contributed by atoms with van der Waals surface area (Å²) in [6.45, 7) is -0.139. The number of anilines is 12. The number of benzene rings is 7. The highest BCUT2D eigenvalue weighted by Gasteiger charge is 2.48. The van der Waals surface area contributed by atoms with Crippen molar-refractivity contribution in [2.75, 3.05) is 19.6 Å². The van der Waals surface area contributed by atoms with Gasteiger partial charge < -0.3 is 9.80 Å². The Kier molecular flexibility index (Phi) is 7.10. The lowest BCUT2D eigenvalue weighted by molar-refractivity contribution is 1.16. The molecule has 4 aliphatic rings. The molecule has 13 rings (SSSR count). The SMILES string of the molecule is c1ccc(N2c3cc4c(cc3B3c5ccccc5N(c5ccccc5)c5nccc2c53)B2c3ccccc3N(c3ccccc3)c3ccnc(c32)N4c2ccccc2)cc1. The molecule has 9 aromatic rings. The van der Waals surface area contributed by atoms with E-state index >= 15 is 0 Å². The Morgan fingerprint density at radius 1 is 0.283 bits per heavy atom. The maximum atomic E-state index is 5.29. The normalized spacial score (nSPS) is 13.8. The third kappa shape index (κ3) is 4.61. The molecule has 6 nitrogen and oxygen atoms in total. The van der Waals surface area contributed by atoms with E-state index < -0.39 is 0 Å². The Hall–Kier alpha value is -7.83. The van der Waals surface area contributed by atoms with Gasteiger partial charge in [-0.05, 0) is 112 Å². The van der Waals surface area contributed by atoms with Crippen LogP contribution in [0.5, 0.6) is 0 Å². The van der Waals surface area contributed by atoms with E-state index in [1.54, 1.807) is 0 Å². The highest BCUT2D eigenvalue weighted by atomic mass is 15.2. The maximum Gasteiger partial charge on any atom is 0.254 e. The summed E-state index contributed by atoms with van der Waals surface area (Å²) in [7, 11) is 0. The summed E-state index contributed by atoms with van der Waals surface area (Å²) in [5.74, 6) is 1.90. The molecule has 0 spiro atoms. The van der Waals surface area contributed by atoms with E-state index in [9.17, 15) is 0 Å². The Morgan fingerprint density at radius 3 is 1.10 bits per heavy atom. The molecule has 0 amide bonds. The van der Waals surface area contributed by atoms with Crippen LogP contribution in [0.2, 0.25) is 0 Å². The zero-order chi connectivity index (χ0) is 39.3. The summed E-state index contributed by atoms with van der Waals surface area (Å²) in [5.41, 5.74) is 18.7. The minimum atomic E-state index is -0.0697. The number of hydrogen-bond donors (Lipinski definition) is 0. The fourth-order valence-electron chi connectivity index (χ4n) is 10.4. The van der Waals surface area contributed by atoms with Gasteiger partial charge in [-0.15, -0.1) is 0 Å². The number of fused-ring (bicyclic) bond motifs is 8. The fourth-order valence-corrected chi connectivity index (χ4v) is 10.4. The first-order valence-corrected chi connectivity index (χ1v) is 20.6. The summed E-state index contributed by atoms with van der Waals surface area (Å²) in [4.78, 5) is 20.1. The van der Waals surface area contributed by atoms with Crippen LogP contribution in [0.25, 0.3) is 0 Å².